The summed E-state index contributed by atoms with van der Waals surface area (Å²) < 4.78 is 31.4. The van der Waals surface area contributed by atoms with Crippen LogP contribution in [0.1, 0.15) is 102 Å². The van der Waals surface area contributed by atoms with Gasteiger partial charge in [0.1, 0.15) is 5.69 Å². The molecule has 220 valence electrons. The molecule has 0 spiro atoms. The van der Waals surface area contributed by atoms with Gasteiger partial charge in [-0.2, -0.15) is 0 Å². The number of nitrogens with zero attached hydrogens (tertiary/aromatic N) is 3. The fourth-order valence-corrected chi connectivity index (χ4v) is 3.62. The number of unbranched alkanes of at least 4 members (excludes halogenated alkanes) is 7. The van der Waals surface area contributed by atoms with Crippen molar-refractivity contribution in [2.45, 2.75) is 103 Å². The van der Waals surface area contributed by atoms with Crippen LogP contribution in [-0.4, -0.2) is 72.8 Å². The van der Waals surface area contributed by atoms with Crippen LogP contribution >= 0.6 is 0 Å². The summed E-state index contributed by atoms with van der Waals surface area (Å²) in [4.78, 5) is 18.6. The molecule has 1 saturated carbocycles. The molecule has 1 aliphatic carbocycles. The predicted octanol–water partition coefficient (Wildman–Crippen LogP) is 6.46. The summed E-state index contributed by atoms with van der Waals surface area (Å²) in [7, 11) is 4.31. The van der Waals surface area contributed by atoms with Crippen molar-refractivity contribution in [2.75, 3.05) is 45.2 Å². The van der Waals surface area contributed by atoms with Crippen LogP contribution in [-0.2, 0) is 0 Å². The largest absolute Gasteiger partial charge is 0.477 e. The van der Waals surface area contributed by atoms with Crippen LogP contribution in [0, 0.1) is 5.92 Å². The second kappa shape index (κ2) is 16.9. The molecule has 0 amide bonds. The Balaban J connectivity index is 0.000000346. The van der Waals surface area contributed by atoms with Crippen molar-refractivity contribution < 1.29 is 23.4 Å². The highest BCUT2D eigenvalue weighted by Gasteiger charge is 2.45. The SMILES string of the molecule is CC(C)(C)N.CCCCCCCCCCN(C)C.O=C(O)c1ccc(N2CC(F)(F)C2)c(OCC2CC2)n1. The summed E-state index contributed by atoms with van der Waals surface area (Å²) in [6.07, 6.45) is 13.5. The lowest BCUT2D eigenvalue weighted by Gasteiger charge is -2.40. The van der Waals surface area contributed by atoms with E-state index >= 15 is 0 Å². The first-order valence-corrected chi connectivity index (χ1v) is 14.2. The highest BCUT2D eigenvalue weighted by molar-refractivity contribution is 5.86. The van der Waals surface area contributed by atoms with Gasteiger partial charge in [0.15, 0.2) is 5.69 Å². The quantitative estimate of drug-likeness (QED) is 0.261. The van der Waals surface area contributed by atoms with E-state index in [9.17, 15) is 13.6 Å². The number of halogens is 2. The number of carboxylic acids is 1. The molecular formula is C29H52F2N4O3. The Labute approximate surface area is 229 Å². The molecule has 0 atom stereocenters. The number of alkyl halides is 2. The molecule has 0 radical (unpaired) electrons. The number of rotatable bonds is 14. The number of carbonyl (C=O) groups is 1. The Morgan fingerprint density at radius 1 is 1.11 bits per heavy atom. The molecule has 1 aromatic rings. The van der Waals surface area contributed by atoms with Gasteiger partial charge in [0.25, 0.3) is 5.92 Å². The minimum absolute atomic E-state index is 0. The first-order valence-electron chi connectivity index (χ1n) is 14.2. The van der Waals surface area contributed by atoms with E-state index in [0.29, 0.717) is 18.2 Å². The number of aromatic nitrogens is 1. The lowest BCUT2D eigenvalue weighted by atomic mass is 10.1. The Bertz CT molecular complexity index is 798. The fourth-order valence-electron chi connectivity index (χ4n) is 3.62. The van der Waals surface area contributed by atoms with Crippen molar-refractivity contribution in [2.24, 2.45) is 11.7 Å². The molecule has 3 N–H and O–H groups in total. The number of pyridine rings is 1. The van der Waals surface area contributed by atoms with E-state index in [2.05, 4.69) is 30.9 Å². The first kappa shape index (κ1) is 34.0. The van der Waals surface area contributed by atoms with Gasteiger partial charge in [0, 0.05) is 5.54 Å². The molecular weight excluding hydrogens is 490 g/mol. The molecule has 0 aromatic carbocycles. The molecule has 0 unspecified atom stereocenters. The summed E-state index contributed by atoms with van der Waals surface area (Å²) in [5.74, 6) is -3.26. The van der Waals surface area contributed by atoms with Crippen LogP contribution in [0.15, 0.2) is 12.1 Å². The van der Waals surface area contributed by atoms with Crippen molar-refractivity contribution in [1.29, 1.82) is 0 Å². The molecule has 2 aliphatic rings. The highest BCUT2D eigenvalue weighted by Crippen LogP contribution is 2.37. The van der Waals surface area contributed by atoms with Gasteiger partial charge in [0.05, 0.1) is 19.7 Å². The van der Waals surface area contributed by atoms with E-state index in [0.717, 1.165) is 12.8 Å². The molecule has 1 aromatic heterocycles. The van der Waals surface area contributed by atoms with Gasteiger partial charge in [-0.1, -0.05) is 51.9 Å². The van der Waals surface area contributed by atoms with Crippen LogP contribution in [0.3, 0.4) is 0 Å². The minimum Gasteiger partial charge on any atom is -0.477 e. The monoisotopic (exact) mass is 542 g/mol. The molecule has 9 heteroatoms. The van der Waals surface area contributed by atoms with Crippen LogP contribution in [0.4, 0.5) is 14.5 Å². The zero-order valence-corrected chi connectivity index (χ0v) is 24.6. The van der Waals surface area contributed by atoms with E-state index in [-0.39, 0.29) is 30.2 Å². The van der Waals surface area contributed by atoms with Gasteiger partial charge in [-0.15, -0.1) is 0 Å². The lowest BCUT2D eigenvalue weighted by Crippen LogP contribution is -2.56. The Morgan fingerprint density at radius 3 is 2.08 bits per heavy atom. The van der Waals surface area contributed by atoms with E-state index in [1.807, 2.05) is 20.8 Å². The molecule has 3 rings (SSSR count). The average Bonchev–Trinajstić information content (AvgIpc) is 3.61. The fraction of sp³-hybridized carbons (Fsp3) is 0.793. The Morgan fingerprint density at radius 2 is 1.63 bits per heavy atom. The van der Waals surface area contributed by atoms with Gasteiger partial charge in [-0.3, -0.25) is 0 Å². The molecule has 1 saturated heterocycles. The standard InChI is InChI=1S/C13H14F2N2O3.C12H27N.C4H11N/c14-13(15)6-17(7-13)10-4-3-9(12(18)19)16-11(10)20-5-8-1-2-8;1-4-5-6-7-8-9-10-11-12-13(2)3;1-4(2,3)5/h3-4,8H,1-2,5-7H2,(H,18,19);4-12H2,1-3H3;5H2,1-3H3. The van der Waals surface area contributed by atoms with E-state index < -0.39 is 11.9 Å². The van der Waals surface area contributed by atoms with Gasteiger partial charge in [-0.05, 0) is 78.7 Å². The van der Waals surface area contributed by atoms with Crippen molar-refractivity contribution in [1.82, 2.24) is 9.88 Å². The zero-order chi connectivity index (χ0) is 28.8. The lowest BCUT2D eigenvalue weighted by molar-refractivity contribution is -0.0265. The second-order valence-corrected chi connectivity index (χ2v) is 11.9. The maximum atomic E-state index is 12.9. The van der Waals surface area contributed by atoms with Crippen LogP contribution < -0.4 is 15.4 Å². The Kier molecular flexibility index (Phi) is 15.1. The molecule has 7 nitrogen and oxygen atoms in total. The smallest absolute Gasteiger partial charge is 0.354 e. The highest BCUT2D eigenvalue weighted by atomic mass is 19.3. The topological polar surface area (TPSA) is 91.9 Å². The summed E-state index contributed by atoms with van der Waals surface area (Å²) >= 11 is 0. The number of hydrogen-bond donors (Lipinski definition) is 2. The van der Waals surface area contributed by atoms with Gasteiger partial charge < -0.3 is 25.4 Å². The van der Waals surface area contributed by atoms with Crippen LogP contribution in [0.25, 0.3) is 0 Å². The summed E-state index contributed by atoms with van der Waals surface area (Å²) in [5, 5.41) is 8.93. The maximum Gasteiger partial charge on any atom is 0.354 e. The molecule has 2 heterocycles. The van der Waals surface area contributed by atoms with Crippen molar-refractivity contribution >= 4 is 11.7 Å². The number of aromatic carboxylic acids is 1. The van der Waals surface area contributed by atoms with Gasteiger partial charge in [-0.25, -0.2) is 18.6 Å². The molecule has 1 aliphatic heterocycles. The molecule has 38 heavy (non-hydrogen) atoms. The number of hydrogen-bond acceptors (Lipinski definition) is 6. The van der Waals surface area contributed by atoms with Gasteiger partial charge >= 0.3 is 5.97 Å². The summed E-state index contributed by atoms with van der Waals surface area (Å²) in [6, 6.07) is 2.78. The van der Waals surface area contributed by atoms with Crippen molar-refractivity contribution in [3.8, 4) is 5.88 Å². The maximum absolute atomic E-state index is 12.9. The predicted molar refractivity (Wildman–Crippen MR) is 152 cm³/mol. The minimum atomic E-state index is -2.70. The van der Waals surface area contributed by atoms with Gasteiger partial charge in [0.2, 0.25) is 5.88 Å². The van der Waals surface area contributed by atoms with E-state index in [1.165, 1.54) is 74.9 Å². The van der Waals surface area contributed by atoms with E-state index in [1.54, 1.807) is 0 Å². The third kappa shape index (κ3) is 16.8. The zero-order valence-electron chi connectivity index (χ0n) is 24.6. The van der Waals surface area contributed by atoms with Crippen LogP contribution in [0.5, 0.6) is 5.88 Å². The number of nitrogens with two attached hydrogens (primary N) is 1. The number of anilines is 1. The van der Waals surface area contributed by atoms with Crippen molar-refractivity contribution in [3.05, 3.63) is 17.8 Å². The molecule has 0 bridgehead atoms. The normalized spacial score (nSPS) is 16.1. The van der Waals surface area contributed by atoms with Crippen LogP contribution in [0.2, 0.25) is 0 Å². The van der Waals surface area contributed by atoms with Crippen molar-refractivity contribution in [3.63, 3.8) is 0 Å². The van der Waals surface area contributed by atoms with E-state index in [4.69, 9.17) is 15.6 Å². The molecule has 2 fully saturated rings. The third-order valence-electron chi connectivity index (χ3n) is 5.86. The summed E-state index contributed by atoms with van der Waals surface area (Å²) in [5.41, 5.74) is 5.64. The number of carboxylic acid groups (broad SMARTS) is 1. The third-order valence-corrected chi connectivity index (χ3v) is 5.86. The number of ether oxygens (including phenoxy) is 1. The second-order valence-electron chi connectivity index (χ2n) is 11.9. The summed E-state index contributed by atoms with van der Waals surface area (Å²) in [6.45, 7) is 9.11. The first-order chi connectivity index (χ1) is 17.7. The Hall–Kier alpha value is -2.00. The average molecular weight is 543 g/mol.